The lowest BCUT2D eigenvalue weighted by molar-refractivity contribution is -0.384. The second-order valence-electron chi connectivity index (χ2n) is 4.29. The van der Waals surface area contributed by atoms with Crippen molar-refractivity contribution in [3.8, 4) is 0 Å². The molecule has 2 aromatic rings. The van der Waals surface area contributed by atoms with Crippen molar-refractivity contribution in [3.63, 3.8) is 0 Å². The van der Waals surface area contributed by atoms with Crippen LogP contribution in [-0.4, -0.2) is 11.0 Å². The van der Waals surface area contributed by atoms with Crippen LogP contribution in [0.5, 0.6) is 0 Å². The first kappa shape index (κ1) is 13.5. The van der Waals surface area contributed by atoms with Crippen LogP contribution in [0.4, 0.5) is 21.9 Å². The minimum atomic E-state index is -0.698. The third-order valence-corrected chi connectivity index (χ3v) is 2.78. The summed E-state index contributed by atoms with van der Waals surface area (Å²) < 4.78 is 0. The van der Waals surface area contributed by atoms with Gasteiger partial charge in [-0.25, -0.2) is 4.79 Å². The molecule has 102 valence electrons. The largest absolute Gasteiger partial charge is 0.351 e. The molecule has 0 spiro atoms. The molecule has 0 unspecified atom stereocenters. The lowest BCUT2D eigenvalue weighted by atomic mass is 10.2. The van der Waals surface area contributed by atoms with Crippen LogP contribution in [-0.2, 0) is 0 Å². The van der Waals surface area contributed by atoms with Crippen LogP contribution in [0.3, 0.4) is 0 Å². The Labute approximate surface area is 115 Å². The van der Waals surface area contributed by atoms with E-state index < -0.39 is 11.0 Å². The zero-order chi connectivity index (χ0) is 14.7. The second-order valence-corrected chi connectivity index (χ2v) is 4.29. The van der Waals surface area contributed by atoms with Crippen LogP contribution < -0.4 is 10.6 Å². The molecule has 0 aliphatic carbocycles. The van der Waals surface area contributed by atoms with E-state index in [1.165, 1.54) is 23.1 Å². The molecule has 0 heterocycles. The fourth-order valence-corrected chi connectivity index (χ4v) is 1.92. The number of urea groups is 1. The first-order chi connectivity index (χ1) is 9.49. The highest BCUT2D eigenvalue weighted by atomic mass is 16.6. The molecule has 6 heteroatoms. The fourth-order valence-electron chi connectivity index (χ4n) is 1.92. The van der Waals surface area contributed by atoms with Crippen molar-refractivity contribution in [1.29, 1.82) is 0 Å². The van der Waals surface area contributed by atoms with E-state index >= 15 is 0 Å². The molecule has 2 aromatic carbocycles. The van der Waals surface area contributed by atoms with Gasteiger partial charge in [0.05, 0.1) is 16.3 Å². The number of anilines is 2. The molecule has 2 rings (SSSR count). The van der Waals surface area contributed by atoms with Crippen molar-refractivity contribution < 1.29 is 9.72 Å². The summed E-state index contributed by atoms with van der Waals surface area (Å²) in [5.41, 5.74) is 7.18. The van der Waals surface area contributed by atoms with Crippen LogP contribution in [0.15, 0.2) is 48.5 Å². The molecule has 0 aliphatic rings. The van der Waals surface area contributed by atoms with E-state index in [0.717, 1.165) is 5.56 Å². The summed E-state index contributed by atoms with van der Waals surface area (Å²) in [4.78, 5) is 23.2. The molecule has 0 radical (unpaired) electrons. The number of primary amides is 1. The van der Waals surface area contributed by atoms with Gasteiger partial charge in [-0.1, -0.05) is 18.2 Å². The zero-order valence-electron chi connectivity index (χ0n) is 10.8. The molecule has 6 nitrogen and oxygen atoms in total. The highest BCUT2D eigenvalue weighted by molar-refractivity contribution is 5.98. The van der Waals surface area contributed by atoms with Crippen LogP contribution >= 0.6 is 0 Å². The highest BCUT2D eigenvalue weighted by Crippen LogP contribution is 2.28. The van der Waals surface area contributed by atoms with E-state index in [4.69, 9.17) is 5.73 Å². The summed E-state index contributed by atoms with van der Waals surface area (Å²) in [5, 5.41) is 10.8. The van der Waals surface area contributed by atoms with Crippen molar-refractivity contribution in [2.45, 2.75) is 6.92 Å². The quantitative estimate of drug-likeness (QED) is 0.687. The van der Waals surface area contributed by atoms with Crippen LogP contribution in [0.25, 0.3) is 0 Å². The minimum Gasteiger partial charge on any atom is -0.351 e. The van der Waals surface area contributed by atoms with Crippen molar-refractivity contribution in [3.05, 3.63) is 64.2 Å². The van der Waals surface area contributed by atoms with E-state index in [2.05, 4.69) is 0 Å². The predicted octanol–water partition coefficient (Wildman–Crippen LogP) is 3.12. The Balaban J connectivity index is 2.52. The molecule has 2 amide bonds. The van der Waals surface area contributed by atoms with Gasteiger partial charge in [-0.3, -0.25) is 15.0 Å². The molecule has 0 saturated heterocycles. The number of hydrogen-bond donors (Lipinski definition) is 1. The van der Waals surface area contributed by atoms with E-state index in [-0.39, 0.29) is 5.69 Å². The van der Waals surface area contributed by atoms with Gasteiger partial charge in [0.25, 0.3) is 5.69 Å². The highest BCUT2D eigenvalue weighted by Gasteiger charge is 2.17. The first-order valence-corrected chi connectivity index (χ1v) is 5.90. The number of amides is 2. The summed E-state index contributed by atoms with van der Waals surface area (Å²) >= 11 is 0. The van der Waals surface area contributed by atoms with Crippen molar-refractivity contribution >= 4 is 23.1 Å². The molecule has 0 saturated carbocycles. The van der Waals surface area contributed by atoms with Gasteiger partial charge < -0.3 is 5.73 Å². The van der Waals surface area contributed by atoms with Gasteiger partial charge in [0, 0.05) is 12.1 Å². The standard InChI is InChI=1S/C14H13N3O3/c1-10-4-2-5-11(8-10)16(14(15)18)12-6-3-7-13(9-12)17(19)20/h2-9H,1H3,(H2,15,18). The van der Waals surface area contributed by atoms with E-state index in [9.17, 15) is 14.9 Å². The number of nitrogens with two attached hydrogens (primary N) is 1. The van der Waals surface area contributed by atoms with Gasteiger partial charge in [0.2, 0.25) is 0 Å². The Morgan fingerprint density at radius 3 is 2.30 bits per heavy atom. The first-order valence-electron chi connectivity index (χ1n) is 5.90. The maximum Gasteiger partial charge on any atom is 0.323 e. The zero-order valence-corrected chi connectivity index (χ0v) is 10.8. The maximum absolute atomic E-state index is 11.7. The number of nitro benzene ring substituents is 1. The van der Waals surface area contributed by atoms with Gasteiger partial charge in [-0.2, -0.15) is 0 Å². The Hall–Kier alpha value is -2.89. The number of benzene rings is 2. The Morgan fingerprint density at radius 1 is 1.15 bits per heavy atom. The van der Waals surface area contributed by atoms with Gasteiger partial charge in [0.15, 0.2) is 0 Å². The van der Waals surface area contributed by atoms with Gasteiger partial charge in [-0.05, 0) is 30.7 Å². The molecule has 0 fully saturated rings. The lowest BCUT2D eigenvalue weighted by Crippen LogP contribution is -2.31. The van der Waals surface area contributed by atoms with Gasteiger partial charge in [-0.15, -0.1) is 0 Å². The number of aryl methyl sites for hydroxylation is 1. The van der Waals surface area contributed by atoms with Crippen LogP contribution in [0, 0.1) is 17.0 Å². The third kappa shape index (κ3) is 2.74. The van der Waals surface area contributed by atoms with Gasteiger partial charge in [0.1, 0.15) is 0 Å². The summed E-state index contributed by atoms with van der Waals surface area (Å²) in [5.74, 6) is 0. The molecule has 0 atom stereocenters. The molecule has 0 aliphatic heterocycles. The number of carbonyl (C=O) groups excluding carboxylic acids is 1. The number of hydrogen-bond acceptors (Lipinski definition) is 3. The molecule has 0 bridgehead atoms. The number of rotatable bonds is 3. The average molecular weight is 271 g/mol. The van der Waals surface area contributed by atoms with Crippen molar-refractivity contribution in [2.24, 2.45) is 5.73 Å². The van der Waals surface area contributed by atoms with Crippen molar-refractivity contribution in [1.82, 2.24) is 0 Å². The number of nitrogens with zero attached hydrogens (tertiary/aromatic N) is 2. The molecular formula is C14H13N3O3. The fraction of sp³-hybridized carbons (Fsp3) is 0.0714. The minimum absolute atomic E-state index is 0.0959. The smallest absolute Gasteiger partial charge is 0.323 e. The summed E-state index contributed by atoms with van der Waals surface area (Å²) in [6, 6.07) is 12.3. The van der Waals surface area contributed by atoms with E-state index in [0.29, 0.717) is 11.4 Å². The van der Waals surface area contributed by atoms with E-state index in [1.54, 1.807) is 24.3 Å². The molecule has 2 N–H and O–H groups in total. The van der Waals surface area contributed by atoms with Crippen molar-refractivity contribution in [2.75, 3.05) is 4.90 Å². The summed E-state index contributed by atoms with van der Waals surface area (Å²) in [6.45, 7) is 1.89. The van der Waals surface area contributed by atoms with Crippen LogP contribution in [0.1, 0.15) is 5.56 Å². The summed E-state index contributed by atoms with van der Waals surface area (Å²) in [7, 11) is 0. The molecule has 0 aromatic heterocycles. The lowest BCUT2D eigenvalue weighted by Gasteiger charge is -2.20. The van der Waals surface area contributed by atoms with Crippen LogP contribution in [0.2, 0.25) is 0 Å². The normalized spacial score (nSPS) is 10.1. The Morgan fingerprint density at radius 2 is 1.75 bits per heavy atom. The molecular weight excluding hydrogens is 258 g/mol. The SMILES string of the molecule is Cc1cccc(N(C(N)=O)c2cccc([N+](=O)[O-])c2)c1. The van der Waals surface area contributed by atoms with E-state index in [1.807, 2.05) is 13.0 Å². The second kappa shape index (κ2) is 5.40. The third-order valence-electron chi connectivity index (χ3n) is 2.78. The maximum atomic E-state index is 11.7. The topological polar surface area (TPSA) is 89.5 Å². The Kier molecular flexibility index (Phi) is 3.65. The predicted molar refractivity (Wildman–Crippen MR) is 76.0 cm³/mol. The summed E-state index contributed by atoms with van der Waals surface area (Å²) in [6.07, 6.45) is 0. The monoisotopic (exact) mass is 271 g/mol. The molecule has 20 heavy (non-hydrogen) atoms. The Bertz CT molecular complexity index is 670. The van der Waals surface area contributed by atoms with Gasteiger partial charge >= 0.3 is 6.03 Å². The number of non-ortho nitro benzene ring substituents is 1. The average Bonchev–Trinajstić information content (AvgIpc) is 2.39. The number of nitro groups is 1. The number of carbonyl (C=O) groups is 1.